The Morgan fingerprint density at radius 3 is 3.00 bits per heavy atom. The van der Waals surface area contributed by atoms with E-state index in [9.17, 15) is 4.39 Å². The molecule has 0 spiro atoms. The van der Waals surface area contributed by atoms with Gasteiger partial charge in [0.1, 0.15) is 17.7 Å². The Labute approximate surface area is 105 Å². The van der Waals surface area contributed by atoms with Crippen LogP contribution in [-0.4, -0.2) is 16.1 Å². The SMILES string of the molecule is Cn1ccnc1CCNc1ccc(F)c(C#N)c1. The molecule has 2 aromatic rings. The van der Waals surface area contributed by atoms with Crippen LogP contribution in [0.15, 0.2) is 30.6 Å². The molecule has 0 saturated heterocycles. The summed E-state index contributed by atoms with van der Waals surface area (Å²) in [6.07, 6.45) is 4.41. The van der Waals surface area contributed by atoms with Crippen LogP contribution in [0.25, 0.3) is 0 Å². The standard InChI is InChI=1S/C13H13FN4/c1-18-7-6-17-13(18)4-5-16-11-2-3-12(14)10(8-11)9-15/h2-3,6-8,16H,4-5H2,1H3. The first-order valence-electron chi connectivity index (χ1n) is 5.60. The summed E-state index contributed by atoms with van der Waals surface area (Å²) in [6.45, 7) is 0.682. The van der Waals surface area contributed by atoms with E-state index in [-0.39, 0.29) is 5.56 Å². The molecule has 92 valence electrons. The number of benzene rings is 1. The van der Waals surface area contributed by atoms with E-state index in [1.54, 1.807) is 12.3 Å². The fraction of sp³-hybridized carbons (Fsp3) is 0.231. The lowest BCUT2D eigenvalue weighted by Crippen LogP contribution is -2.08. The largest absolute Gasteiger partial charge is 0.385 e. The maximum absolute atomic E-state index is 13.1. The number of anilines is 1. The second kappa shape index (κ2) is 5.32. The summed E-state index contributed by atoms with van der Waals surface area (Å²) in [5.74, 6) is 0.484. The lowest BCUT2D eigenvalue weighted by molar-refractivity contribution is 0.624. The zero-order valence-electron chi connectivity index (χ0n) is 10.0. The summed E-state index contributed by atoms with van der Waals surface area (Å²) in [4.78, 5) is 4.21. The minimum atomic E-state index is -0.493. The number of nitriles is 1. The molecule has 0 unspecified atom stereocenters. The number of imidazole rings is 1. The smallest absolute Gasteiger partial charge is 0.141 e. The molecule has 1 N–H and O–H groups in total. The van der Waals surface area contributed by atoms with Crippen molar-refractivity contribution in [3.63, 3.8) is 0 Å². The Morgan fingerprint density at radius 1 is 1.50 bits per heavy atom. The van der Waals surface area contributed by atoms with Crippen molar-refractivity contribution in [2.24, 2.45) is 7.05 Å². The average molecular weight is 244 g/mol. The highest BCUT2D eigenvalue weighted by atomic mass is 19.1. The van der Waals surface area contributed by atoms with E-state index in [0.717, 1.165) is 17.9 Å². The second-order valence-corrected chi connectivity index (χ2v) is 3.94. The van der Waals surface area contributed by atoms with Gasteiger partial charge < -0.3 is 9.88 Å². The molecule has 0 aliphatic carbocycles. The van der Waals surface area contributed by atoms with Gasteiger partial charge in [0.05, 0.1) is 5.56 Å². The predicted octanol–water partition coefficient (Wildman–Crippen LogP) is 2.09. The molecule has 0 atom stereocenters. The molecular formula is C13H13FN4. The monoisotopic (exact) mass is 244 g/mol. The number of nitrogens with zero attached hydrogens (tertiary/aromatic N) is 3. The minimum Gasteiger partial charge on any atom is -0.385 e. The Hall–Kier alpha value is -2.35. The molecule has 1 aromatic heterocycles. The molecule has 0 fully saturated rings. The van der Waals surface area contributed by atoms with Crippen molar-refractivity contribution < 1.29 is 4.39 Å². The van der Waals surface area contributed by atoms with Gasteiger partial charge in [-0.3, -0.25) is 0 Å². The number of aryl methyl sites for hydroxylation is 1. The third-order valence-corrected chi connectivity index (χ3v) is 2.69. The van der Waals surface area contributed by atoms with Crippen molar-refractivity contribution in [3.05, 3.63) is 47.8 Å². The number of aromatic nitrogens is 2. The van der Waals surface area contributed by atoms with E-state index in [4.69, 9.17) is 5.26 Å². The van der Waals surface area contributed by atoms with Crippen LogP contribution < -0.4 is 5.32 Å². The van der Waals surface area contributed by atoms with Crippen molar-refractivity contribution in [2.75, 3.05) is 11.9 Å². The molecule has 0 amide bonds. The number of halogens is 1. The molecule has 4 nitrogen and oxygen atoms in total. The van der Waals surface area contributed by atoms with E-state index in [1.807, 2.05) is 23.9 Å². The molecule has 0 radical (unpaired) electrons. The zero-order valence-corrected chi connectivity index (χ0v) is 10.0. The van der Waals surface area contributed by atoms with Gasteiger partial charge in [-0.2, -0.15) is 5.26 Å². The Morgan fingerprint density at radius 2 is 2.33 bits per heavy atom. The summed E-state index contributed by atoms with van der Waals surface area (Å²) < 4.78 is 15.1. The third kappa shape index (κ3) is 2.66. The van der Waals surface area contributed by atoms with Crippen molar-refractivity contribution in [2.45, 2.75) is 6.42 Å². The zero-order chi connectivity index (χ0) is 13.0. The maximum Gasteiger partial charge on any atom is 0.141 e. The summed E-state index contributed by atoms with van der Waals surface area (Å²) in [7, 11) is 1.94. The Kier molecular flexibility index (Phi) is 3.58. The molecule has 0 saturated carbocycles. The second-order valence-electron chi connectivity index (χ2n) is 3.94. The van der Waals surface area contributed by atoms with Gasteiger partial charge in [0.15, 0.2) is 0 Å². The van der Waals surface area contributed by atoms with Crippen molar-refractivity contribution >= 4 is 5.69 Å². The van der Waals surface area contributed by atoms with Gasteiger partial charge in [0.2, 0.25) is 0 Å². The molecule has 1 heterocycles. The molecule has 0 aliphatic rings. The highest BCUT2D eigenvalue weighted by Gasteiger charge is 2.03. The van der Waals surface area contributed by atoms with Gasteiger partial charge in [-0.15, -0.1) is 0 Å². The van der Waals surface area contributed by atoms with Crippen LogP contribution >= 0.6 is 0 Å². The van der Waals surface area contributed by atoms with Gasteiger partial charge >= 0.3 is 0 Å². The maximum atomic E-state index is 13.1. The third-order valence-electron chi connectivity index (χ3n) is 2.69. The summed E-state index contributed by atoms with van der Waals surface area (Å²) >= 11 is 0. The van der Waals surface area contributed by atoms with Crippen LogP contribution in [0.4, 0.5) is 10.1 Å². The Balaban J connectivity index is 1.95. The predicted molar refractivity (Wildman–Crippen MR) is 66.5 cm³/mol. The van der Waals surface area contributed by atoms with E-state index in [2.05, 4.69) is 10.3 Å². The molecule has 2 rings (SSSR count). The fourth-order valence-corrected chi connectivity index (χ4v) is 1.68. The minimum absolute atomic E-state index is 0.0528. The lowest BCUT2D eigenvalue weighted by Gasteiger charge is -2.07. The first-order valence-corrected chi connectivity index (χ1v) is 5.60. The van der Waals surface area contributed by atoms with Gasteiger partial charge in [-0.25, -0.2) is 9.37 Å². The van der Waals surface area contributed by atoms with E-state index in [0.29, 0.717) is 6.54 Å². The van der Waals surface area contributed by atoms with Crippen LogP contribution in [0.3, 0.4) is 0 Å². The average Bonchev–Trinajstić information content (AvgIpc) is 2.77. The number of nitrogens with one attached hydrogen (secondary N) is 1. The fourth-order valence-electron chi connectivity index (χ4n) is 1.68. The number of rotatable bonds is 4. The number of hydrogen-bond acceptors (Lipinski definition) is 3. The quantitative estimate of drug-likeness (QED) is 0.896. The molecule has 18 heavy (non-hydrogen) atoms. The van der Waals surface area contributed by atoms with Gasteiger partial charge in [-0.05, 0) is 18.2 Å². The van der Waals surface area contributed by atoms with E-state index < -0.39 is 5.82 Å². The molecular weight excluding hydrogens is 231 g/mol. The molecule has 0 bridgehead atoms. The normalized spacial score (nSPS) is 10.1. The van der Waals surface area contributed by atoms with Crippen molar-refractivity contribution in [1.82, 2.24) is 9.55 Å². The van der Waals surface area contributed by atoms with Crippen LogP contribution in [0.5, 0.6) is 0 Å². The van der Waals surface area contributed by atoms with E-state index in [1.165, 1.54) is 12.1 Å². The molecule has 0 aliphatic heterocycles. The summed E-state index contributed by atoms with van der Waals surface area (Å²) in [5, 5.41) is 11.9. The van der Waals surface area contributed by atoms with Gasteiger partial charge in [0, 0.05) is 38.1 Å². The highest BCUT2D eigenvalue weighted by molar-refractivity contribution is 5.49. The first-order chi connectivity index (χ1) is 8.70. The summed E-state index contributed by atoms with van der Waals surface area (Å²) in [5.41, 5.74) is 0.791. The van der Waals surface area contributed by atoms with Crippen LogP contribution in [0, 0.1) is 17.1 Å². The molecule has 1 aromatic carbocycles. The molecule has 5 heteroatoms. The van der Waals surface area contributed by atoms with Crippen molar-refractivity contribution in [1.29, 1.82) is 5.26 Å². The first kappa shape index (κ1) is 12.1. The highest BCUT2D eigenvalue weighted by Crippen LogP contribution is 2.13. The number of hydrogen-bond donors (Lipinski definition) is 1. The van der Waals surface area contributed by atoms with E-state index >= 15 is 0 Å². The van der Waals surface area contributed by atoms with Gasteiger partial charge in [0.25, 0.3) is 0 Å². The van der Waals surface area contributed by atoms with Crippen LogP contribution in [0.2, 0.25) is 0 Å². The van der Waals surface area contributed by atoms with Gasteiger partial charge in [-0.1, -0.05) is 0 Å². The van der Waals surface area contributed by atoms with Crippen molar-refractivity contribution in [3.8, 4) is 6.07 Å². The lowest BCUT2D eigenvalue weighted by atomic mass is 10.2. The summed E-state index contributed by atoms with van der Waals surface area (Å²) in [6, 6.07) is 6.24. The topological polar surface area (TPSA) is 53.6 Å². The van der Waals surface area contributed by atoms with Crippen LogP contribution in [-0.2, 0) is 13.5 Å². The van der Waals surface area contributed by atoms with Crippen LogP contribution in [0.1, 0.15) is 11.4 Å². The Bertz CT molecular complexity index is 583.